The van der Waals surface area contributed by atoms with E-state index in [9.17, 15) is 4.79 Å². The number of carbonyl (C=O) groups is 1. The van der Waals surface area contributed by atoms with Crippen molar-refractivity contribution < 1.29 is 23.8 Å². The van der Waals surface area contributed by atoms with Gasteiger partial charge in [0.1, 0.15) is 17.1 Å². The number of hydrogen-bond donors (Lipinski definition) is 2. The molecule has 112 valence electrons. The number of aliphatic hydroxyl groups excluding tert-OH is 1. The summed E-state index contributed by atoms with van der Waals surface area (Å²) in [5.74, 6) is 1.13. The zero-order valence-corrected chi connectivity index (χ0v) is 11.9. The standard InChI is InChI=1S/C14H21NO5/c1-10-7-12(11(2)20-10)13(17)15-8-14(19-6-4-16)3-5-18-9-14/h7,16H,3-6,8-9H2,1-2H3,(H,15,17)/t14-/m1/s1. The first kappa shape index (κ1) is 15.0. The molecule has 0 aromatic carbocycles. The number of aliphatic hydroxyl groups is 1. The van der Waals surface area contributed by atoms with Crippen molar-refractivity contribution in [3.63, 3.8) is 0 Å². The lowest BCUT2D eigenvalue weighted by atomic mass is 10.0. The Hall–Kier alpha value is -1.37. The molecule has 1 saturated heterocycles. The fourth-order valence-electron chi connectivity index (χ4n) is 2.35. The maximum absolute atomic E-state index is 12.1. The van der Waals surface area contributed by atoms with E-state index >= 15 is 0 Å². The minimum absolute atomic E-state index is 0.0459. The second kappa shape index (κ2) is 6.39. The van der Waals surface area contributed by atoms with Gasteiger partial charge in [-0.1, -0.05) is 0 Å². The third-order valence-corrected chi connectivity index (χ3v) is 3.42. The molecule has 6 nitrogen and oxygen atoms in total. The Morgan fingerprint density at radius 2 is 2.35 bits per heavy atom. The predicted octanol–water partition coefficient (Wildman–Crippen LogP) is 0.794. The molecule has 0 saturated carbocycles. The van der Waals surface area contributed by atoms with Crippen LogP contribution in [0.25, 0.3) is 0 Å². The Bertz CT molecular complexity index is 462. The topological polar surface area (TPSA) is 80.9 Å². The highest BCUT2D eigenvalue weighted by Crippen LogP contribution is 2.23. The van der Waals surface area contributed by atoms with Gasteiger partial charge in [0.15, 0.2) is 0 Å². The van der Waals surface area contributed by atoms with E-state index in [2.05, 4.69) is 5.32 Å². The van der Waals surface area contributed by atoms with Gasteiger partial charge in [-0.2, -0.15) is 0 Å². The predicted molar refractivity (Wildman–Crippen MR) is 71.7 cm³/mol. The molecule has 0 spiro atoms. The van der Waals surface area contributed by atoms with E-state index in [1.54, 1.807) is 19.9 Å². The quantitative estimate of drug-likeness (QED) is 0.807. The van der Waals surface area contributed by atoms with Crippen LogP contribution in [-0.2, 0) is 9.47 Å². The molecular formula is C14H21NO5. The van der Waals surface area contributed by atoms with Crippen molar-refractivity contribution in [1.82, 2.24) is 5.32 Å². The van der Waals surface area contributed by atoms with E-state index in [1.807, 2.05) is 0 Å². The molecule has 1 aliphatic heterocycles. The third-order valence-electron chi connectivity index (χ3n) is 3.42. The monoisotopic (exact) mass is 283 g/mol. The largest absolute Gasteiger partial charge is 0.466 e. The van der Waals surface area contributed by atoms with E-state index in [0.29, 0.717) is 43.3 Å². The van der Waals surface area contributed by atoms with Gasteiger partial charge < -0.3 is 24.3 Å². The minimum atomic E-state index is -0.537. The van der Waals surface area contributed by atoms with E-state index in [4.69, 9.17) is 19.0 Å². The van der Waals surface area contributed by atoms with E-state index in [0.717, 1.165) is 0 Å². The van der Waals surface area contributed by atoms with Crippen LogP contribution in [-0.4, -0.2) is 49.6 Å². The number of amides is 1. The lowest BCUT2D eigenvalue weighted by Crippen LogP contribution is -2.46. The van der Waals surface area contributed by atoms with Crippen molar-refractivity contribution in [2.24, 2.45) is 0 Å². The van der Waals surface area contributed by atoms with Crippen LogP contribution in [0.4, 0.5) is 0 Å². The van der Waals surface area contributed by atoms with Crippen molar-refractivity contribution >= 4 is 5.91 Å². The normalized spacial score (nSPS) is 22.1. The molecule has 1 aromatic rings. The first-order valence-electron chi connectivity index (χ1n) is 6.74. The highest BCUT2D eigenvalue weighted by Gasteiger charge is 2.36. The fourth-order valence-corrected chi connectivity index (χ4v) is 2.35. The number of carbonyl (C=O) groups excluding carboxylic acids is 1. The van der Waals surface area contributed by atoms with Crippen LogP contribution in [0.1, 0.15) is 28.3 Å². The number of furan rings is 1. The molecule has 6 heteroatoms. The lowest BCUT2D eigenvalue weighted by molar-refractivity contribution is -0.0582. The Morgan fingerprint density at radius 3 is 2.90 bits per heavy atom. The van der Waals surface area contributed by atoms with E-state index in [1.165, 1.54) is 0 Å². The number of hydrogen-bond acceptors (Lipinski definition) is 5. The van der Waals surface area contributed by atoms with Crippen molar-refractivity contribution in [2.75, 3.05) is 33.0 Å². The number of rotatable bonds is 6. The summed E-state index contributed by atoms with van der Waals surface area (Å²) in [7, 11) is 0. The maximum Gasteiger partial charge on any atom is 0.254 e. The molecule has 2 heterocycles. The van der Waals surface area contributed by atoms with Gasteiger partial charge in [0.05, 0.1) is 25.4 Å². The first-order valence-corrected chi connectivity index (χ1v) is 6.74. The van der Waals surface area contributed by atoms with Gasteiger partial charge in [0, 0.05) is 19.6 Å². The van der Waals surface area contributed by atoms with Crippen LogP contribution < -0.4 is 5.32 Å². The first-order chi connectivity index (χ1) is 9.56. The maximum atomic E-state index is 12.1. The van der Waals surface area contributed by atoms with Gasteiger partial charge in [0.2, 0.25) is 0 Å². The molecule has 1 aromatic heterocycles. The third kappa shape index (κ3) is 3.39. The minimum Gasteiger partial charge on any atom is -0.466 e. The summed E-state index contributed by atoms with van der Waals surface area (Å²) in [6, 6.07) is 1.72. The second-order valence-electron chi connectivity index (χ2n) is 5.07. The molecule has 1 amide bonds. The summed E-state index contributed by atoms with van der Waals surface area (Å²) >= 11 is 0. The number of aryl methyl sites for hydroxylation is 2. The van der Waals surface area contributed by atoms with Crippen LogP contribution in [0.2, 0.25) is 0 Å². The molecule has 1 aliphatic rings. The fraction of sp³-hybridized carbons (Fsp3) is 0.643. The van der Waals surface area contributed by atoms with Gasteiger partial charge in [-0.3, -0.25) is 4.79 Å². The van der Waals surface area contributed by atoms with Gasteiger partial charge >= 0.3 is 0 Å². The van der Waals surface area contributed by atoms with Gasteiger partial charge in [-0.15, -0.1) is 0 Å². The molecule has 0 radical (unpaired) electrons. The zero-order chi connectivity index (χ0) is 14.6. The van der Waals surface area contributed by atoms with Gasteiger partial charge in [-0.25, -0.2) is 0 Å². The summed E-state index contributed by atoms with van der Waals surface area (Å²) in [5.41, 5.74) is 0.00385. The summed E-state index contributed by atoms with van der Waals surface area (Å²) in [6.45, 7) is 5.15. The van der Waals surface area contributed by atoms with Crippen LogP contribution in [0.15, 0.2) is 10.5 Å². The summed E-state index contributed by atoms with van der Waals surface area (Å²) in [6.07, 6.45) is 0.705. The molecule has 0 unspecified atom stereocenters. The van der Waals surface area contributed by atoms with Crippen LogP contribution in [0, 0.1) is 13.8 Å². The SMILES string of the molecule is Cc1cc(C(=O)NC[C@]2(OCCO)CCOC2)c(C)o1. The number of ether oxygens (including phenoxy) is 2. The van der Waals surface area contributed by atoms with Crippen LogP contribution in [0.5, 0.6) is 0 Å². The van der Waals surface area contributed by atoms with Crippen molar-refractivity contribution in [3.05, 3.63) is 23.2 Å². The summed E-state index contributed by atoms with van der Waals surface area (Å²) in [4.78, 5) is 12.1. The number of nitrogens with one attached hydrogen (secondary N) is 1. The average molecular weight is 283 g/mol. The second-order valence-corrected chi connectivity index (χ2v) is 5.07. The Labute approximate surface area is 118 Å². The van der Waals surface area contributed by atoms with Crippen molar-refractivity contribution in [1.29, 1.82) is 0 Å². The molecule has 2 rings (SSSR count). The molecule has 1 atom stereocenters. The van der Waals surface area contributed by atoms with Crippen LogP contribution in [0.3, 0.4) is 0 Å². The van der Waals surface area contributed by atoms with E-state index < -0.39 is 5.60 Å². The summed E-state index contributed by atoms with van der Waals surface area (Å²) < 4.78 is 16.3. The zero-order valence-electron chi connectivity index (χ0n) is 11.9. The lowest BCUT2D eigenvalue weighted by Gasteiger charge is -2.27. The van der Waals surface area contributed by atoms with Gasteiger partial charge in [-0.05, 0) is 19.9 Å². The van der Waals surface area contributed by atoms with Crippen molar-refractivity contribution in [2.45, 2.75) is 25.9 Å². The molecular weight excluding hydrogens is 262 g/mol. The molecule has 20 heavy (non-hydrogen) atoms. The van der Waals surface area contributed by atoms with Crippen LogP contribution >= 0.6 is 0 Å². The molecule has 0 aliphatic carbocycles. The highest BCUT2D eigenvalue weighted by molar-refractivity contribution is 5.95. The van der Waals surface area contributed by atoms with Gasteiger partial charge in [0.25, 0.3) is 5.91 Å². The highest BCUT2D eigenvalue weighted by atomic mass is 16.6. The summed E-state index contributed by atoms with van der Waals surface area (Å²) in [5, 5.41) is 11.7. The Balaban J connectivity index is 1.95. The molecule has 0 bridgehead atoms. The smallest absolute Gasteiger partial charge is 0.254 e. The molecule has 1 fully saturated rings. The van der Waals surface area contributed by atoms with E-state index in [-0.39, 0.29) is 19.1 Å². The Morgan fingerprint density at radius 1 is 1.55 bits per heavy atom. The van der Waals surface area contributed by atoms with Crippen molar-refractivity contribution in [3.8, 4) is 0 Å². The molecule has 2 N–H and O–H groups in total. The average Bonchev–Trinajstić information content (AvgIpc) is 3.01. The Kier molecular flexibility index (Phi) is 4.80.